The number of carboxylic acid groups (broad SMARTS) is 2. The van der Waals surface area contributed by atoms with Crippen LogP contribution < -0.4 is 16.8 Å². The maximum absolute atomic E-state index is 11.8. The third kappa shape index (κ3) is 12.0. The van der Waals surface area contributed by atoms with Gasteiger partial charge in [-0.3, -0.25) is 14.4 Å². The van der Waals surface area contributed by atoms with Crippen LogP contribution in [0, 0.1) is 6.92 Å². The minimum Gasteiger partial charge on any atom is -0.481 e. The number of esters is 1. The van der Waals surface area contributed by atoms with E-state index in [0.717, 1.165) is 10.5 Å². The average molecular weight is 506 g/mol. The molecular weight excluding hydrogens is 474 g/mol. The summed E-state index contributed by atoms with van der Waals surface area (Å²) in [6.45, 7) is 2.01. The van der Waals surface area contributed by atoms with Gasteiger partial charge in [-0.1, -0.05) is 48.0 Å². The zero-order valence-electron chi connectivity index (χ0n) is 19.5. The molecule has 1 amide bonds. The zero-order chi connectivity index (χ0) is 26.4. The lowest BCUT2D eigenvalue weighted by Crippen LogP contribution is -2.50. The lowest BCUT2D eigenvalue weighted by Gasteiger charge is -2.18. The number of carbonyl (C=O) groups is 4. The van der Waals surface area contributed by atoms with Crippen molar-refractivity contribution in [1.82, 2.24) is 5.32 Å². The summed E-state index contributed by atoms with van der Waals surface area (Å²) in [4.78, 5) is 45.5. The number of rotatable bonds is 11. The summed E-state index contributed by atoms with van der Waals surface area (Å²) in [6.07, 6.45) is -0.274. The summed E-state index contributed by atoms with van der Waals surface area (Å²) in [5, 5.41) is 19.6. The third-order valence-electron chi connectivity index (χ3n) is 4.58. The lowest BCUT2D eigenvalue weighted by molar-refractivity contribution is -0.145. The van der Waals surface area contributed by atoms with Crippen molar-refractivity contribution in [2.24, 2.45) is 11.5 Å². The number of ether oxygens (including phenoxy) is 1. The number of thioether (sulfide) groups is 1. The van der Waals surface area contributed by atoms with Crippen molar-refractivity contribution in [2.75, 3.05) is 12.9 Å². The number of hydrogen-bond donors (Lipinski definition) is 5. The Morgan fingerprint density at radius 3 is 2.09 bits per heavy atom. The molecule has 2 rings (SSSR count). The number of carboxylic acids is 2. The summed E-state index contributed by atoms with van der Waals surface area (Å²) in [5.41, 5.74) is 12.9. The fraction of sp³-hybridized carbons (Fsp3) is 0.333. The first-order chi connectivity index (χ1) is 16.5. The first kappa shape index (κ1) is 29.6. The Morgan fingerprint density at radius 2 is 1.57 bits per heavy atom. The van der Waals surface area contributed by atoms with Gasteiger partial charge in [0.05, 0.1) is 19.6 Å². The highest BCUT2D eigenvalue weighted by Gasteiger charge is 2.25. The predicted octanol–water partition coefficient (Wildman–Crippen LogP) is 1.19. The molecule has 7 N–H and O–H groups in total. The van der Waals surface area contributed by atoms with Crippen molar-refractivity contribution in [3.05, 3.63) is 65.7 Å². The Hall–Kier alpha value is -3.41. The van der Waals surface area contributed by atoms with E-state index in [9.17, 15) is 19.2 Å². The van der Waals surface area contributed by atoms with Crippen LogP contribution in [0.15, 0.2) is 59.5 Å². The molecule has 0 aromatic heterocycles. The van der Waals surface area contributed by atoms with Crippen molar-refractivity contribution >= 4 is 35.6 Å². The molecule has 0 saturated heterocycles. The first-order valence-electron chi connectivity index (χ1n) is 10.6. The molecule has 0 unspecified atom stereocenters. The topological polar surface area (TPSA) is 182 Å². The molecule has 0 aliphatic heterocycles. The van der Waals surface area contributed by atoms with Crippen LogP contribution in [0.4, 0.5) is 0 Å². The Kier molecular flexibility index (Phi) is 13.1. The molecule has 0 aliphatic carbocycles. The standard InChI is InChI=1S/C14H18N2O5.C10H13NO2S/c1-21-14(20)11(7-9-5-3-2-4-6-9)16-13(19)10(15)8-12(17)18;1-7-2-4-8(5-3-7)14-6-9(11)10(12)13/h2-6,10-11H,7-8,15H2,1H3,(H,16,19)(H,17,18);2-5,9H,6,11H2,1H3,(H,12,13)/t10-,11-;9-/m00/s1. The molecule has 11 heteroatoms. The molecule has 0 heterocycles. The molecule has 35 heavy (non-hydrogen) atoms. The minimum atomic E-state index is -1.22. The van der Waals surface area contributed by atoms with E-state index >= 15 is 0 Å². The molecule has 190 valence electrons. The molecule has 0 aliphatic rings. The van der Waals surface area contributed by atoms with Gasteiger partial charge in [-0.05, 0) is 24.6 Å². The van der Waals surface area contributed by atoms with Crippen LogP contribution in [-0.2, 0) is 30.3 Å². The Labute approximate surface area is 208 Å². The minimum absolute atomic E-state index is 0.235. The smallest absolute Gasteiger partial charge is 0.328 e. The van der Waals surface area contributed by atoms with E-state index in [1.165, 1.54) is 24.4 Å². The summed E-state index contributed by atoms with van der Waals surface area (Å²) in [5.74, 6) is -3.06. The van der Waals surface area contributed by atoms with Crippen molar-refractivity contribution < 1.29 is 34.1 Å². The fourth-order valence-electron chi connectivity index (χ4n) is 2.64. The average Bonchev–Trinajstić information content (AvgIpc) is 2.83. The van der Waals surface area contributed by atoms with Gasteiger partial charge < -0.3 is 31.7 Å². The molecule has 0 bridgehead atoms. The zero-order valence-corrected chi connectivity index (χ0v) is 20.4. The number of carbonyl (C=O) groups excluding carboxylic acids is 2. The molecule has 2 aromatic carbocycles. The number of hydrogen-bond acceptors (Lipinski definition) is 8. The van der Waals surface area contributed by atoms with Crippen LogP contribution in [0.25, 0.3) is 0 Å². The van der Waals surface area contributed by atoms with E-state index in [4.69, 9.17) is 21.7 Å². The highest BCUT2D eigenvalue weighted by Crippen LogP contribution is 2.18. The van der Waals surface area contributed by atoms with Crippen LogP contribution in [-0.4, -0.2) is 65.0 Å². The van der Waals surface area contributed by atoms with Gasteiger partial charge in [0.2, 0.25) is 5.91 Å². The van der Waals surface area contributed by atoms with Gasteiger partial charge in [0.25, 0.3) is 0 Å². The van der Waals surface area contributed by atoms with E-state index in [0.29, 0.717) is 5.75 Å². The van der Waals surface area contributed by atoms with Crippen LogP contribution in [0.2, 0.25) is 0 Å². The normalized spacial score (nSPS) is 12.8. The summed E-state index contributed by atoms with van der Waals surface area (Å²) in [6, 6.07) is 14.1. The molecule has 0 spiro atoms. The number of nitrogens with one attached hydrogen (secondary N) is 1. The second-order valence-electron chi connectivity index (χ2n) is 7.55. The summed E-state index contributed by atoms with van der Waals surface area (Å²) < 4.78 is 4.64. The largest absolute Gasteiger partial charge is 0.481 e. The molecule has 3 atom stereocenters. The second kappa shape index (κ2) is 15.5. The molecule has 2 aromatic rings. The maximum atomic E-state index is 11.8. The number of benzene rings is 2. The monoisotopic (exact) mass is 505 g/mol. The van der Waals surface area contributed by atoms with Crippen LogP contribution >= 0.6 is 11.8 Å². The highest BCUT2D eigenvalue weighted by atomic mass is 32.2. The molecule has 10 nitrogen and oxygen atoms in total. The maximum Gasteiger partial charge on any atom is 0.328 e. The predicted molar refractivity (Wildman–Crippen MR) is 132 cm³/mol. The number of aryl methyl sites for hydroxylation is 1. The number of methoxy groups -OCH3 is 1. The lowest BCUT2D eigenvalue weighted by atomic mass is 10.1. The molecule has 0 radical (unpaired) electrons. The fourth-order valence-corrected chi connectivity index (χ4v) is 3.48. The Balaban J connectivity index is 0.000000379. The molecule has 0 saturated carbocycles. The molecule has 0 fully saturated rings. The van der Waals surface area contributed by atoms with Gasteiger partial charge in [-0.25, -0.2) is 4.79 Å². The van der Waals surface area contributed by atoms with Crippen molar-refractivity contribution in [1.29, 1.82) is 0 Å². The van der Waals surface area contributed by atoms with E-state index in [-0.39, 0.29) is 6.42 Å². The SMILES string of the molecule is COC(=O)[C@H](Cc1ccccc1)NC(=O)[C@@H](N)CC(=O)O.Cc1ccc(SC[C@H](N)C(=O)O)cc1. The third-order valence-corrected chi connectivity index (χ3v) is 5.72. The van der Waals surface area contributed by atoms with E-state index in [2.05, 4.69) is 10.1 Å². The number of aliphatic carboxylic acids is 2. The van der Waals surface area contributed by atoms with Gasteiger partial charge in [-0.15, -0.1) is 11.8 Å². The Morgan fingerprint density at radius 1 is 0.971 bits per heavy atom. The van der Waals surface area contributed by atoms with Gasteiger partial charge in [0, 0.05) is 17.1 Å². The summed E-state index contributed by atoms with van der Waals surface area (Å²) in [7, 11) is 1.21. The highest BCUT2D eigenvalue weighted by molar-refractivity contribution is 7.99. The Bertz CT molecular complexity index is 971. The van der Waals surface area contributed by atoms with Gasteiger partial charge in [-0.2, -0.15) is 0 Å². The molecular formula is C24H31N3O7S. The second-order valence-corrected chi connectivity index (χ2v) is 8.64. The van der Waals surface area contributed by atoms with E-state index < -0.39 is 48.4 Å². The van der Waals surface area contributed by atoms with Crippen molar-refractivity contribution in [3.8, 4) is 0 Å². The van der Waals surface area contributed by atoms with Crippen molar-refractivity contribution in [3.63, 3.8) is 0 Å². The summed E-state index contributed by atoms with van der Waals surface area (Å²) >= 11 is 1.46. The van der Waals surface area contributed by atoms with E-state index in [1.54, 1.807) is 12.1 Å². The van der Waals surface area contributed by atoms with Crippen LogP contribution in [0.3, 0.4) is 0 Å². The van der Waals surface area contributed by atoms with Crippen LogP contribution in [0.5, 0.6) is 0 Å². The van der Waals surface area contributed by atoms with Crippen molar-refractivity contribution in [2.45, 2.75) is 42.8 Å². The quantitative estimate of drug-likeness (QED) is 0.220. The van der Waals surface area contributed by atoms with Gasteiger partial charge >= 0.3 is 17.9 Å². The first-order valence-corrected chi connectivity index (χ1v) is 11.6. The van der Waals surface area contributed by atoms with Crippen LogP contribution in [0.1, 0.15) is 17.5 Å². The number of nitrogens with two attached hydrogens (primary N) is 2. The van der Waals surface area contributed by atoms with E-state index in [1.807, 2.05) is 49.4 Å². The number of amides is 1. The van der Waals surface area contributed by atoms with Gasteiger partial charge in [0.15, 0.2) is 0 Å². The van der Waals surface area contributed by atoms with Gasteiger partial charge in [0.1, 0.15) is 12.1 Å².